The summed E-state index contributed by atoms with van der Waals surface area (Å²) in [6.45, 7) is 4.23. The van der Waals surface area contributed by atoms with Crippen LogP contribution in [0.1, 0.15) is 87.4 Å². The number of amides is 1. The van der Waals surface area contributed by atoms with Crippen molar-refractivity contribution < 1.29 is 14.7 Å². The summed E-state index contributed by atoms with van der Waals surface area (Å²) in [7, 11) is 2.10. The average molecular weight is 493 g/mol. The number of piperazine rings is 1. The molecule has 0 saturated carbocycles. The van der Waals surface area contributed by atoms with Gasteiger partial charge in [-0.1, -0.05) is 64.2 Å². The van der Waals surface area contributed by atoms with Crippen LogP contribution in [-0.2, 0) is 4.84 Å². The minimum Gasteiger partial charge on any atom is -0.756 e. The largest absolute Gasteiger partial charge is 0.756 e. The fourth-order valence-electron chi connectivity index (χ4n) is 4.25. The van der Waals surface area contributed by atoms with Gasteiger partial charge in [-0.2, -0.15) is 0 Å². The number of carbonyl (C=O) groups is 1. The van der Waals surface area contributed by atoms with E-state index in [-0.39, 0.29) is 13.2 Å². The van der Waals surface area contributed by atoms with Crippen molar-refractivity contribution in [2.24, 2.45) is 0 Å². The van der Waals surface area contributed by atoms with Gasteiger partial charge in [0, 0.05) is 38.9 Å². The van der Waals surface area contributed by atoms with Crippen molar-refractivity contribution in [1.82, 2.24) is 14.9 Å². The molecule has 1 aromatic heterocycles. The van der Waals surface area contributed by atoms with Crippen molar-refractivity contribution >= 4 is 11.7 Å². The van der Waals surface area contributed by atoms with Crippen molar-refractivity contribution in [2.75, 3.05) is 51.3 Å². The Labute approximate surface area is 209 Å². The number of pyridine rings is 1. The molecule has 2 rings (SSSR count). The first-order valence-corrected chi connectivity index (χ1v) is 13.1. The van der Waals surface area contributed by atoms with Crippen molar-refractivity contribution in [3.05, 3.63) is 39.2 Å². The Hall–Kier alpha value is -2.46. The fourth-order valence-corrected chi connectivity index (χ4v) is 4.25. The molecule has 1 aromatic rings. The van der Waals surface area contributed by atoms with Gasteiger partial charge >= 0.3 is 0 Å². The van der Waals surface area contributed by atoms with E-state index in [0.29, 0.717) is 10.6 Å². The molecule has 1 fully saturated rings. The average Bonchev–Trinajstić information content (AvgIpc) is 2.86. The Bertz CT molecular complexity index is 725. The van der Waals surface area contributed by atoms with E-state index in [1.807, 2.05) is 6.07 Å². The van der Waals surface area contributed by atoms with Gasteiger partial charge in [0.2, 0.25) is 5.91 Å². The standard InChI is InChI=1S/C25H42N5O5/c1-27-17-19-28(20-18-27)24-15-14-23(22-26-24)25(31)29(32)16-12-10-8-6-4-2-3-5-7-9-11-13-21-35-30(33)34/h14-15,22H,2-13,16-21H2,1H3/q-1. The second kappa shape index (κ2) is 17.0. The van der Waals surface area contributed by atoms with E-state index in [9.17, 15) is 20.1 Å². The van der Waals surface area contributed by atoms with Crippen LogP contribution in [0.25, 0.3) is 0 Å². The minimum atomic E-state index is -0.733. The van der Waals surface area contributed by atoms with Crippen LogP contribution in [-0.4, -0.2) is 72.3 Å². The summed E-state index contributed by atoms with van der Waals surface area (Å²) in [4.78, 5) is 35.6. The first-order valence-electron chi connectivity index (χ1n) is 13.1. The lowest BCUT2D eigenvalue weighted by atomic mass is 10.1. The topological polar surface area (TPSA) is 115 Å². The maximum absolute atomic E-state index is 12.4. The third-order valence-electron chi connectivity index (χ3n) is 6.50. The summed E-state index contributed by atoms with van der Waals surface area (Å²) in [5, 5.41) is 22.1. The van der Waals surface area contributed by atoms with Crippen LogP contribution in [0.4, 0.5) is 5.82 Å². The molecule has 1 aliphatic heterocycles. The number of carbonyl (C=O) groups excluding carboxylic acids is 1. The van der Waals surface area contributed by atoms with E-state index in [0.717, 1.165) is 76.9 Å². The molecule has 0 atom stereocenters. The van der Waals surface area contributed by atoms with Crippen LogP contribution in [0.2, 0.25) is 0 Å². The summed E-state index contributed by atoms with van der Waals surface area (Å²) in [6, 6.07) is 3.54. The van der Waals surface area contributed by atoms with Gasteiger partial charge in [0.1, 0.15) is 5.82 Å². The van der Waals surface area contributed by atoms with E-state index in [4.69, 9.17) is 0 Å². The molecule has 10 heteroatoms. The Morgan fingerprint density at radius 2 is 1.49 bits per heavy atom. The molecule has 0 radical (unpaired) electrons. The van der Waals surface area contributed by atoms with Gasteiger partial charge < -0.3 is 24.9 Å². The monoisotopic (exact) mass is 492 g/mol. The summed E-state index contributed by atoms with van der Waals surface area (Å²) in [6.07, 6.45) is 14.3. The lowest BCUT2D eigenvalue weighted by Crippen LogP contribution is -2.44. The molecule has 0 spiro atoms. The summed E-state index contributed by atoms with van der Waals surface area (Å²) in [5.41, 5.74) is 0.350. The number of hydrogen-bond acceptors (Lipinski definition) is 8. The SMILES string of the molecule is CN1CCN(c2ccc(C(=O)N([O-])CCCCCCCCCCCCCCO[N+](=O)[O-])cn2)CC1. The third-order valence-corrected chi connectivity index (χ3v) is 6.50. The molecule has 1 aliphatic rings. The number of likely N-dealkylation sites (N-methyl/N-ethyl adjacent to an activating group) is 1. The second-order valence-electron chi connectivity index (χ2n) is 9.40. The molecular weight excluding hydrogens is 450 g/mol. The van der Waals surface area contributed by atoms with E-state index in [1.165, 1.54) is 38.3 Å². The van der Waals surface area contributed by atoms with E-state index < -0.39 is 11.0 Å². The first-order chi connectivity index (χ1) is 17.0. The predicted octanol–water partition coefficient (Wildman–Crippen LogP) is 4.66. The highest BCUT2D eigenvalue weighted by atomic mass is 16.9. The van der Waals surface area contributed by atoms with Crippen molar-refractivity contribution in [2.45, 2.75) is 77.0 Å². The Morgan fingerprint density at radius 3 is 2.00 bits per heavy atom. The molecule has 1 amide bonds. The number of aromatic nitrogens is 1. The zero-order valence-electron chi connectivity index (χ0n) is 21.2. The molecule has 2 heterocycles. The minimum absolute atomic E-state index is 0.201. The highest BCUT2D eigenvalue weighted by Gasteiger charge is 2.16. The zero-order valence-corrected chi connectivity index (χ0v) is 21.2. The Kier molecular flexibility index (Phi) is 14.0. The smallest absolute Gasteiger partial charge is 0.294 e. The van der Waals surface area contributed by atoms with E-state index >= 15 is 0 Å². The molecule has 35 heavy (non-hydrogen) atoms. The Morgan fingerprint density at radius 1 is 0.943 bits per heavy atom. The number of hydroxylamine groups is 2. The maximum Gasteiger partial charge on any atom is 0.294 e. The highest BCUT2D eigenvalue weighted by molar-refractivity contribution is 5.94. The second-order valence-corrected chi connectivity index (χ2v) is 9.40. The van der Waals surface area contributed by atoms with Crippen molar-refractivity contribution in [3.63, 3.8) is 0 Å². The number of rotatable bonds is 18. The fraction of sp³-hybridized carbons (Fsp3) is 0.760. The van der Waals surface area contributed by atoms with E-state index in [1.54, 1.807) is 6.07 Å². The lowest BCUT2D eigenvalue weighted by Gasteiger charge is -2.33. The molecule has 0 aliphatic carbocycles. The zero-order chi connectivity index (χ0) is 25.3. The van der Waals surface area contributed by atoms with Crippen LogP contribution in [0.5, 0.6) is 0 Å². The molecule has 0 N–H and O–H groups in total. The van der Waals surface area contributed by atoms with Crippen molar-refractivity contribution in [1.29, 1.82) is 0 Å². The lowest BCUT2D eigenvalue weighted by molar-refractivity contribution is -0.757. The number of anilines is 1. The van der Waals surface area contributed by atoms with Gasteiger partial charge in [0.15, 0.2) is 0 Å². The van der Waals surface area contributed by atoms with Crippen LogP contribution >= 0.6 is 0 Å². The molecule has 1 saturated heterocycles. The molecular formula is C25H42N5O5-. The van der Waals surface area contributed by atoms with Crippen LogP contribution in [0.3, 0.4) is 0 Å². The molecule has 0 aromatic carbocycles. The number of nitrogens with zero attached hydrogens (tertiary/aromatic N) is 5. The number of hydrogen-bond donors (Lipinski definition) is 0. The molecule has 198 valence electrons. The summed E-state index contributed by atoms with van der Waals surface area (Å²) in [5.74, 6) is 0.347. The van der Waals surface area contributed by atoms with Crippen LogP contribution in [0, 0.1) is 15.3 Å². The molecule has 10 nitrogen and oxygen atoms in total. The van der Waals surface area contributed by atoms with Gasteiger partial charge in [-0.15, -0.1) is 10.1 Å². The van der Waals surface area contributed by atoms with Crippen LogP contribution < -0.4 is 4.90 Å². The first kappa shape index (κ1) is 28.8. The van der Waals surface area contributed by atoms with Gasteiger partial charge in [-0.3, -0.25) is 4.79 Å². The highest BCUT2D eigenvalue weighted by Crippen LogP contribution is 2.16. The Balaban J connectivity index is 1.44. The van der Waals surface area contributed by atoms with Gasteiger partial charge in [0.25, 0.3) is 5.09 Å². The normalized spacial score (nSPS) is 14.2. The molecule has 0 bridgehead atoms. The number of unbranched alkanes of at least 4 members (excludes halogenated alkanes) is 11. The van der Waals surface area contributed by atoms with Gasteiger partial charge in [-0.05, 0) is 32.0 Å². The molecule has 0 unspecified atom stereocenters. The predicted molar refractivity (Wildman–Crippen MR) is 137 cm³/mol. The van der Waals surface area contributed by atoms with Gasteiger partial charge in [-0.25, -0.2) is 4.98 Å². The van der Waals surface area contributed by atoms with Gasteiger partial charge in [0.05, 0.1) is 12.2 Å². The summed E-state index contributed by atoms with van der Waals surface area (Å²) >= 11 is 0. The third kappa shape index (κ3) is 12.2. The maximum atomic E-state index is 12.4. The summed E-state index contributed by atoms with van der Waals surface area (Å²) < 4.78 is 0. The van der Waals surface area contributed by atoms with Crippen molar-refractivity contribution in [3.8, 4) is 0 Å². The van der Waals surface area contributed by atoms with E-state index in [2.05, 4.69) is 26.7 Å². The van der Waals surface area contributed by atoms with Crippen LogP contribution in [0.15, 0.2) is 18.3 Å². The quantitative estimate of drug-likeness (QED) is 0.165.